The average Bonchev–Trinajstić information content (AvgIpc) is 3.04. The zero-order valence-electron chi connectivity index (χ0n) is 23.5. The van der Waals surface area contributed by atoms with E-state index in [1.54, 1.807) is 104 Å². The van der Waals surface area contributed by atoms with Gasteiger partial charge in [0, 0.05) is 52.4 Å². The molecule has 0 bridgehead atoms. The van der Waals surface area contributed by atoms with Gasteiger partial charge in [0.2, 0.25) is 0 Å². The summed E-state index contributed by atoms with van der Waals surface area (Å²) in [4.78, 5) is 42.9. The molecular formula is C36H21Br2Cl2NO4. The van der Waals surface area contributed by atoms with Crippen LogP contribution in [0.3, 0.4) is 0 Å². The van der Waals surface area contributed by atoms with E-state index in [-0.39, 0.29) is 51.1 Å². The first-order chi connectivity index (χ1) is 21.6. The van der Waals surface area contributed by atoms with Crippen molar-refractivity contribution in [3.63, 3.8) is 0 Å². The number of rotatable bonds is 8. The van der Waals surface area contributed by atoms with Crippen LogP contribution in [0.5, 0.6) is 0 Å². The predicted octanol–water partition coefficient (Wildman–Crippen LogP) is 10.4. The molecule has 0 radical (unpaired) electrons. The van der Waals surface area contributed by atoms with Crippen LogP contribution in [-0.2, 0) is 4.74 Å². The molecule has 0 saturated heterocycles. The Kier molecular flexibility index (Phi) is 10.0. The number of benzene rings is 5. The average molecular weight is 762 g/mol. The molecule has 222 valence electrons. The topological polar surface area (TPSA) is 84.2 Å². The van der Waals surface area contributed by atoms with Crippen molar-refractivity contribution >= 4 is 72.6 Å². The maximum Gasteiger partial charge on any atom is 0.340 e. The minimum Gasteiger partial charge on any atom is -0.462 e. The van der Waals surface area contributed by atoms with Gasteiger partial charge in [0.1, 0.15) is 6.07 Å². The smallest absolute Gasteiger partial charge is 0.340 e. The van der Waals surface area contributed by atoms with E-state index in [2.05, 4.69) is 37.9 Å². The van der Waals surface area contributed by atoms with E-state index in [0.29, 0.717) is 21.2 Å². The highest BCUT2D eigenvalue weighted by molar-refractivity contribution is 9.10. The number of carbonyl (C=O) groups is 3. The van der Waals surface area contributed by atoms with Gasteiger partial charge in [-0.1, -0.05) is 79.3 Å². The molecule has 0 aliphatic heterocycles. The monoisotopic (exact) mass is 759 g/mol. The van der Waals surface area contributed by atoms with Crippen LogP contribution >= 0.6 is 55.1 Å². The third-order valence-corrected chi connectivity index (χ3v) is 8.59. The lowest BCUT2D eigenvalue weighted by Crippen LogP contribution is -2.21. The molecule has 0 aliphatic carbocycles. The molecule has 0 N–H and O–H groups in total. The summed E-state index contributed by atoms with van der Waals surface area (Å²) >= 11 is 19.3. The lowest BCUT2D eigenvalue weighted by Gasteiger charge is -2.24. The van der Waals surface area contributed by atoms with E-state index in [1.165, 1.54) is 0 Å². The van der Waals surface area contributed by atoms with Crippen molar-refractivity contribution in [2.75, 3.05) is 6.61 Å². The first kappa shape index (κ1) is 32.3. The van der Waals surface area contributed by atoms with Crippen LogP contribution in [-0.4, -0.2) is 24.1 Å². The van der Waals surface area contributed by atoms with Gasteiger partial charge in [-0.2, -0.15) is 5.26 Å². The summed E-state index contributed by atoms with van der Waals surface area (Å²) in [7, 11) is 0. The van der Waals surface area contributed by atoms with Crippen molar-refractivity contribution in [1.82, 2.24) is 0 Å². The number of carbonyl (C=O) groups excluding carboxylic acids is 3. The summed E-state index contributed by atoms with van der Waals surface area (Å²) in [6, 6.07) is 28.8. The second-order valence-electron chi connectivity index (χ2n) is 9.77. The zero-order chi connectivity index (χ0) is 32.2. The van der Waals surface area contributed by atoms with Crippen LogP contribution in [0.2, 0.25) is 10.0 Å². The Labute approximate surface area is 286 Å². The van der Waals surface area contributed by atoms with Crippen LogP contribution in [0.1, 0.15) is 54.7 Å². The third-order valence-electron chi connectivity index (χ3n) is 7.02. The minimum atomic E-state index is -0.905. The highest BCUT2D eigenvalue weighted by atomic mass is 79.9. The van der Waals surface area contributed by atoms with Crippen LogP contribution in [0, 0.1) is 11.3 Å². The van der Waals surface area contributed by atoms with Gasteiger partial charge in [-0.15, -0.1) is 0 Å². The molecule has 0 saturated carbocycles. The van der Waals surface area contributed by atoms with Crippen molar-refractivity contribution in [3.05, 3.63) is 149 Å². The van der Waals surface area contributed by atoms with Crippen molar-refractivity contribution in [3.8, 4) is 28.3 Å². The molecule has 45 heavy (non-hydrogen) atoms. The summed E-state index contributed by atoms with van der Waals surface area (Å²) in [5.74, 6) is -1.96. The van der Waals surface area contributed by atoms with Crippen LogP contribution in [0.25, 0.3) is 22.3 Å². The number of ketones is 2. The normalized spacial score (nSPS) is 10.7. The fourth-order valence-corrected chi connectivity index (χ4v) is 5.81. The largest absolute Gasteiger partial charge is 0.462 e. The Morgan fingerprint density at radius 3 is 1.44 bits per heavy atom. The molecule has 5 aromatic rings. The summed E-state index contributed by atoms with van der Waals surface area (Å²) in [6.45, 7) is 1.59. The number of hydrogen-bond donors (Lipinski definition) is 0. The predicted molar refractivity (Wildman–Crippen MR) is 183 cm³/mol. The van der Waals surface area contributed by atoms with Gasteiger partial charge < -0.3 is 4.74 Å². The highest BCUT2D eigenvalue weighted by Gasteiger charge is 2.35. The second-order valence-corrected chi connectivity index (χ2v) is 12.5. The molecule has 5 nitrogen and oxygen atoms in total. The zero-order valence-corrected chi connectivity index (χ0v) is 28.2. The highest BCUT2D eigenvalue weighted by Crippen LogP contribution is 2.44. The Morgan fingerprint density at radius 2 is 1.04 bits per heavy atom. The Balaban J connectivity index is 2.05. The van der Waals surface area contributed by atoms with E-state index in [0.717, 1.165) is 8.95 Å². The van der Waals surface area contributed by atoms with Gasteiger partial charge in [-0.25, -0.2) is 4.79 Å². The van der Waals surface area contributed by atoms with Gasteiger partial charge in [0.05, 0.1) is 17.7 Å². The van der Waals surface area contributed by atoms with Gasteiger partial charge in [0.15, 0.2) is 11.6 Å². The van der Waals surface area contributed by atoms with Crippen molar-refractivity contribution in [2.45, 2.75) is 6.92 Å². The van der Waals surface area contributed by atoms with Crippen LogP contribution < -0.4 is 0 Å². The van der Waals surface area contributed by atoms with Crippen molar-refractivity contribution in [1.29, 1.82) is 5.26 Å². The molecule has 0 aliphatic rings. The molecular weight excluding hydrogens is 741 g/mol. The quantitative estimate of drug-likeness (QED) is 0.116. The van der Waals surface area contributed by atoms with E-state index < -0.39 is 17.5 Å². The molecule has 0 amide bonds. The Morgan fingerprint density at radius 1 is 0.644 bits per heavy atom. The molecule has 0 fully saturated rings. The van der Waals surface area contributed by atoms with E-state index in [4.69, 9.17) is 27.9 Å². The third kappa shape index (κ3) is 6.66. The van der Waals surface area contributed by atoms with Crippen LogP contribution in [0.4, 0.5) is 0 Å². The van der Waals surface area contributed by atoms with Gasteiger partial charge in [-0.3, -0.25) is 9.59 Å². The Hall–Kier alpha value is -4.06. The molecule has 0 spiro atoms. The summed E-state index contributed by atoms with van der Waals surface area (Å²) in [5.41, 5.74) is 1.38. The number of esters is 1. The van der Waals surface area contributed by atoms with Gasteiger partial charge in [-0.05, 0) is 90.8 Å². The maximum atomic E-state index is 14.6. The van der Waals surface area contributed by atoms with E-state index >= 15 is 0 Å². The number of hydrogen-bond acceptors (Lipinski definition) is 5. The molecule has 0 aromatic heterocycles. The second kappa shape index (κ2) is 13.9. The van der Waals surface area contributed by atoms with Crippen LogP contribution in [0.15, 0.2) is 106 Å². The SMILES string of the molecule is CCOC(=O)c1c(C#N)c(C(=O)c2ccc(Br)cc2)c(-c2ccc(Cl)cc2)c(-c2ccc(Cl)cc2)c1C(=O)c1ccc(Br)cc1. The molecule has 0 unspecified atom stereocenters. The number of halogens is 4. The molecule has 0 atom stereocenters. The minimum absolute atomic E-state index is 0.0270. The summed E-state index contributed by atoms with van der Waals surface area (Å²) < 4.78 is 6.94. The Bertz CT molecular complexity index is 1980. The fraction of sp³-hybridized carbons (Fsp3) is 0.0556. The molecule has 5 rings (SSSR count). The van der Waals surface area contributed by atoms with Crippen molar-refractivity contribution < 1.29 is 19.1 Å². The lowest BCUT2D eigenvalue weighted by atomic mass is 9.77. The summed E-state index contributed by atoms with van der Waals surface area (Å²) in [5, 5.41) is 11.6. The molecule has 0 heterocycles. The fourth-order valence-electron chi connectivity index (χ4n) is 5.02. The van der Waals surface area contributed by atoms with E-state index in [9.17, 15) is 19.6 Å². The van der Waals surface area contributed by atoms with E-state index in [1.807, 2.05) is 0 Å². The molecule has 9 heteroatoms. The van der Waals surface area contributed by atoms with Gasteiger partial charge in [0.25, 0.3) is 0 Å². The number of nitriles is 1. The first-order valence-electron chi connectivity index (χ1n) is 13.6. The number of ether oxygens (including phenoxy) is 1. The first-order valence-corrected chi connectivity index (χ1v) is 15.9. The molecule has 5 aromatic carbocycles. The van der Waals surface area contributed by atoms with Gasteiger partial charge >= 0.3 is 5.97 Å². The van der Waals surface area contributed by atoms with Crippen molar-refractivity contribution in [2.24, 2.45) is 0 Å². The lowest BCUT2D eigenvalue weighted by molar-refractivity contribution is 0.0523. The summed E-state index contributed by atoms with van der Waals surface area (Å²) in [6.07, 6.45) is 0. The standard InChI is InChI=1S/C36H21Br2Cl2NO4/c1-2-45-36(44)32-28(19-41)31(34(42)22-3-11-24(37)12-4-22)29(20-7-15-26(39)16-8-20)30(21-9-17-27(40)18-10-21)33(32)35(43)23-5-13-25(38)14-6-23/h3-18H,2H2,1H3. The maximum absolute atomic E-state index is 14.6. The number of nitrogens with zero attached hydrogens (tertiary/aromatic N) is 1.